The standard InChI is InChI=1S/C14H18O6S/c1-3-21(17,18)9-8-20-13-10-12(19-2)6-4-11(13)5-7-14(15)16/h4-7,10H,3,8-9H2,1-2H3,(H,15,16). The second kappa shape index (κ2) is 7.68. The van der Waals surface area contributed by atoms with Crippen LogP contribution in [0, 0.1) is 0 Å². The number of benzene rings is 1. The number of carboxylic acid groups (broad SMARTS) is 1. The Morgan fingerprint density at radius 3 is 2.67 bits per heavy atom. The molecule has 0 atom stereocenters. The average Bonchev–Trinajstić information content (AvgIpc) is 2.45. The van der Waals surface area contributed by atoms with E-state index in [1.165, 1.54) is 13.2 Å². The molecule has 6 nitrogen and oxygen atoms in total. The highest BCUT2D eigenvalue weighted by atomic mass is 32.2. The topological polar surface area (TPSA) is 89.9 Å². The van der Waals surface area contributed by atoms with E-state index in [1.807, 2.05) is 0 Å². The van der Waals surface area contributed by atoms with Gasteiger partial charge in [-0.15, -0.1) is 0 Å². The molecule has 1 aromatic rings. The number of ether oxygens (including phenoxy) is 2. The van der Waals surface area contributed by atoms with Crippen LogP contribution < -0.4 is 9.47 Å². The van der Waals surface area contributed by atoms with Crippen molar-refractivity contribution in [2.24, 2.45) is 0 Å². The molecule has 1 rings (SSSR count). The van der Waals surface area contributed by atoms with E-state index >= 15 is 0 Å². The Morgan fingerprint density at radius 2 is 2.10 bits per heavy atom. The van der Waals surface area contributed by atoms with Crippen molar-refractivity contribution in [1.29, 1.82) is 0 Å². The van der Waals surface area contributed by atoms with Crippen LogP contribution in [0.1, 0.15) is 12.5 Å². The van der Waals surface area contributed by atoms with E-state index in [1.54, 1.807) is 25.1 Å². The van der Waals surface area contributed by atoms with Crippen molar-refractivity contribution in [2.45, 2.75) is 6.92 Å². The van der Waals surface area contributed by atoms with Gasteiger partial charge in [0.1, 0.15) is 18.1 Å². The van der Waals surface area contributed by atoms with Crippen molar-refractivity contribution < 1.29 is 27.8 Å². The molecule has 0 aromatic heterocycles. The number of rotatable bonds is 8. The molecule has 0 aliphatic rings. The van der Waals surface area contributed by atoms with Crippen LogP contribution in [0.5, 0.6) is 11.5 Å². The second-order valence-corrected chi connectivity index (χ2v) is 6.63. The number of hydrogen-bond donors (Lipinski definition) is 1. The van der Waals surface area contributed by atoms with Gasteiger partial charge in [-0.3, -0.25) is 0 Å². The zero-order valence-corrected chi connectivity index (χ0v) is 12.7. The zero-order valence-electron chi connectivity index (χ0n) is 11.9. The smallest absolute Gasteiger partial charge is 0.328 e. The molecule has 0 saturated heterocycles. The fourth-order valence-corrected chi connectivity index (χ4v) is 2.11. The highest BCUT2D eigenvalue weighted by Gasteiger charge is 2.09. The van der Waals surface area contributed by atoms with Crippen LogP contribution in [0.3, 0.4) is 0 Å². The predicted octanol–water partition coefficient (Wildman–Crippen LogP) is 1.61. The maximum absolute atomic E-state index is 11.4. The summed E-state index contributed by atoms with van der Waals surface area (Å²) in [6, 6.07) is 4.89. The van der Waals surface area contributed by atoms with Crippen molar-refractivity contribution in [1.82, 2.24) is 0 Å². The Balaban J connectivity index is 2.89. The van der Waals surface area contributed by atoms with Gasteiger partial charge in [0.25, 0.3) is 0 Å². The van der Waals surface area contributed by atoms with Gasteiger partial charge in [-0.1, -0.05) is 6.92 Å². The lowest BCUT2D eigenvalue weighted by Crippen LogP contribution is -2.15. The van der Waals surface area contributed by atoms with Crippen LogP contribution in [-0.2, 0) is 14.6 Å². The molecular formula is C14H18O6S. The Morgan fingerprint density at radius 1 is 1.38 bits per heavy atom. The Kier molecular flexibility index (Phi) is 6.23. The summed E-state index contributed by atoms with van der Waals surface area (Å²) in [7, 11) is -1.62. The minimum absolute atomic E-state index is 0.00273. The summed E-state index contributed by atoms with van der Waals surface area (Å²) >= 11 is 0. The highest BCUT2D eigenvalue weighted by molar-refractivity contribution is 7.91. The van der Waals surface area contributed by atoms with Gasteiger partial charge in [0.05, 0.1) is 12.9 Å². The minimum Gasteiger partial charge on any atom is -0.497 e. The minimum atomic E-state index is -3.11. The van der Waals surface area contributed by atoms with Gasteiger partial charge in [-0.25, -0.2) is 13.2 Å². The summed E-state index contributed by atoms with van der Waals surface area (Å²) in [5.41, 5.74) is 0.534. The van der Waals surface area contributed by atoms with Crippen molar-refractivity contribution in [2.75, 3.05) is 25.2 Å². The van der Waals surface area contributed by atoms with Gasteiger partial charge < -0.3 is 14.6 Å². The van der Waals surface area contributed by atoms with Crippen LogP contribution in [0.15, 0.2) is 24.3 Å². The number of aliphatic carboxylic acids is 1. The van der Waals surface area contributed by atoms with Crippen LogP contribution in [0.2, 0.25) is 0 Å². The van der Waals surface area contributed by atoms with Gasteiger partial charge in [0, 0.05) is 23.5 Å². The van der Waals surface area contributed by atoms with Crippen molar-refractivity contribution in [3.05, 3.63) is 29.8 Å². The molecule has 0 aliphatic heterocycles. The molecule has 7 heteroatoms. The van der Waals surface area contributed by atoms with Crippen LogP contribution in [0.25, 0.3) is 6.08 Å². The first-order valence-electron chi connectivity index (χ1n) is 6.30. The zero-order chi connectivity index (χ0) is 15.9. The Hall–Kier alpha value is -2.02. The van der Waals surface area contributed by atoms with Gasteiger partial charge in [-0.2, -0.15) is 0 Å². The molecule has 0 spiro atoms. The van der Waals surface area contributed by atoms with Gasteiger partial charge in [-0.05, 0) is 18.2 Å². The summed E-state index contributed by atoms with van der Waals surface area (Å²) in [5, 5.41) is 8.65. The van der Waals surface area contributed by atoms with Gasteiger partial charge in [0.15, 0.2) is 9.84 Å². The molecular weight excluding hydrogens is 296 g/mol. The molecule has 1 aromatic carbocycles. The Labute approximate surface area is 123 Å². The largest absolute Gasteiger partial charge is 0.497 e. The van der Waals surface area contributed by atoms with E-state index < -0.39 is 15.8 Å². The summed E-state index contributed by atoms with van der Waals surface area (Å²) < 4.78 is 33.3. The van der Waals surface area contributed by atoms with E-state index in [0.29, 0.717) is 17.1 Å². The van der Waals surface area contributed by atoms with E-state index in [2.05, 4.69) is 0 Å². The van der Waals surface area contributed by atoms with Crippen molar-refractivity contribution in [3.63, 3.8) is 0 Å². The third-order valence-corrected chi connectivity index (χ3v) is 4.39. The molecule has 0 amide bonds. The molecule has 116 valence electrons. The normalized spacial score (nSPS) is 11.5. The summed E-state index contributed by atoms with van der Waals surface area (Å²) in [6.07, 6.45) is 2.36. The first kappa shape index (κ1) is 17.0. The number of carboxylic acids is 1. The predicted molar refractivity (Wildman–Crippen MR) is 79.5 cm³/mol. The van der Waals surface area contributed by atoms with Gasteiger partial charge >= 0.3 is 5.97 Å². The first-order valence-corrected chi connectivity index (χ1v) is 8.12. The molecule has 0 aliphatic carbocycles. The number of hydrogen-bond acceptors (Lipinski definition) is 5. The van der Waals surface area contributed by atoms with E-state index in [9.17, 15) is 13.2 Å². The van der Waals surface area contributed by atoms with Crippen molar-refractivity contribution >= 4 is 21.9 Å². The third kappa shape index (κ3) is 5.86. The number of sulfone groups is 1. The first-order chi connectivity index (χ1) is 9.88. The lowest BCUT2D eigenvalue weighted by atomic mass is 10.1. The monoisotopic (exact) mass is 314 g/mol. The number of methoxy groups -OCH3 is 1. The average molecular weight is 314 g/mol. The SMILES string of the molecule is CCS(=O)(=O)CCOc1cc(OC)ccc1C=CC(=O)O. The molecule has 0 unspecified atom stereocenters. The van der Waals surface area contributed by atoms with Crippen LogP contribution >= 0.6 is 0 Å². The number of carbonyl (C=O) groups is 1. The maximum atomic E-state index is 11.4. The van der Waals surface area contributed by atoms with E-state index in [4.69, 9.17) is 14.6 Å². The second-order valence-electron chi connectivity index (χ2n) is 4.16. The maximum Gasteiger partial charge on any atom is 0.328 e. The molecule has 1 N–H and O–H groups in total. The van der Waals surface area contributed by atoms with Crippen LogP contribution in [0.4, 0.5) is 0 Å². The summed E-state index contributed by atoms with van der Waals surface area (Å²) in [6.45, 7) is 1.57. The molecule has 21 heavy (non-hydrogen) atoms. The fourth-order valence-electron chi connectivity index (χ4n) is 1.49. The molecule has 0 fully saturated rings. The van der Waals surface area contributed by atoms with E-state index in [-0.39, 0.29) is 18.1 Å². The molecule has 0 radical (unpaired) electrons. The lowest BCUT2D eigenvalue weighted by molar-refractivity contribution is -0.131. The van der Waals surface area contributed by atoms with E-state index in [0.717, 1.165) is 6.08 Å². The highest BCUT2D eigenvalue weighted by Crippen LogP contribution is 2.26. The summed E-state index contributed by atoms with van der Waals surface area (Å²) in [4.78, 5) is 10.6. The molecule has 0 heterocycles. The van der Waals surface area contributed by atoms with Crippen molar-refractivity contribution in [3.8, 4) is 11.5 Å². The summed E-state index contributed by atoms with van der Waals surface area (Å²) in [5.74, 6) is -0.206. The van der Waals surface area contributed by atoms with Gasteiger partial charge in [0.2, 0.25) is 0 Å². The molecule has 0 bridgehead atoms. The van der Waals surface area contributed by atoms with Crippen LogP contribution in [-0.4, -0.2) is 44.7 Å². The Bertz CT molecular complexity index is 618. The lowest BCUT2D eigenvalue weighted by Gasteiger charge is -2.11. The third-order valence-electron chi connectivity index (χ3n) is 2.72. The fraction of sp³-hybridized carbons (Fsp3) is 0.357. The molecule has 0 saturated carbocycles. The quantitative estimate of drug-likeness (QED) is 0.733.